The summed E-state index contributed by atoms with van der Waals surface area (Å²) in [5.41, 5.74) is 8.67. The Morgan fingerprint density at radius 2 is 1.50 bits per heavy atom. The minimum absolute atomic E-state index is 0.210. The molecule has 1 saturated carbocycles. The number of benzene rings is 2. The summed E-state index contributed by atoms with van der Waals surface area (Å²) >= 11 is 0. The van der Waals surface area contributed by atoms with Gasteiger partial charge in [0.25, 0.3) is 0 Å². The van der Waals surface area contributed by atoms with Crippen LogP contribution in [0.3, 0.4) is 0 Å². The van der Waals surface area contributed by atoms with Crippen molar-refractivity contribution in [3.05, 3.63) is 65.2 Å². The van der Waals surface area contributed by atoms with Crippen molar-refractivity contribution in [1.29, 1.82) is 0 Å². The van der Waals surface area contributed by atoms with Crippen molar-refractivity contribution in [1.82, 2.24) is 0 Å². The molecule has 0 saturated heterocycles. The van der Waals surface area contributed by atoms with E-state index in [1.807, 2.05) is 50.2 Å². The van der Waals surface area contributed by atoms with Crippen LogP contribution in [-0.2, 0) is 14.6 Å². The van der Waals surface area contributed by atoms with Crippen LogP contribution < -0.4 is 5.73 Å². The topological polar surface area (TPSA) is 69.4 Å². The summed E-state index contributed by atoms with van der Waals surface area (Å²) in [5, 5.41) is -0.671. The van der Waals surface area contributed by atoms with Crippen LogP contribution in [0.4, 0.5) is 0 Å². The molecule has 0 unspecified atom stereocenters. The molecular formula is C19H23NO3S. The van der Waals surface area contributed by atoms with Gasteiger partial charge in [-0.25, -0.2) is 8.42 Å². The standard InChI is InChI=1S/C19H23NO3S/c1-13-4-8-15(9-5-13)17-18(19(17,20)12-23-3)24(21,22)16-10-6-14(2)7-11-16/h4-11,17-18H,12,20H2,1-3H3/t17-,18-,19+/m0/s1. The molecule has 24 heavy (non-hydrogen) atoms. The molecule has 128 valence electrons. The molecule has 3 rings (SSSR count). The minimum atomic E-state index is -3.52. The molecule has 0 radical (unpaired) electrons. The van der Waals surface area contributed by atoms with E-state index >= 15 is 0 Å². The Bertz CT molecular complexity index is 828. The van der Waals surface area contributed by atoms with Gasteiger partial charge in [0.15, 0.2) is 9.84 Å². The molecule has 0 heterocycles. The lowest BCUT2D eigenvalue weighted by Gasteiger charge is -2.11. The van der Waals surface area contributed by atoms with Gasteiger partial charge >= 0.3 is 0 Å². The zero-order valence-electron chi connectivity index (χ0n) is 14.2. The van der Waals surface area contributed by atoms with Crippen molar-refractivity contribution in [2.24, 2.45) is 5.73 Å². The molecule has 0 bridgehead atoms. The lowest BCUT2D eigenvalue weighted by atomic mass is 10.1. The average Bonchev–Trinajstić information content (AvgIpc) is 3.15. The molecule has 0 aromatic heterocycles. The average molecular weight is 345 g/mol. The van der Waals surface area contributed by atoms with Gasteiger partial charge in [-0.2, -0.15) is 0 Å². The number of methoxy groups -OCH3 is 1. The molecule has 2 aromatic rings. The van der Waals surface area contributed by atoms with Gasteiger partial charge in [0.2, 0.25) is 0 Å². The van der Waals surface area contributed by atoms with Gasteiger partial charge in [-0.15, -0.1) is 0 Å². The predicted octanol–water partition coefficient (Wildman–Crippen LogP) is 2.59. The molecule has 1 aliphatic carbocycles. The maximum Gasteiger partial charge on any atom is 0.183 e. The monoisotopic (exact) mass is 345 g/mol. The lowest BCUT2D eigenvalue weighted by Crippen LogP contribution is -2.35. The van der Waals surface area contributed by atoms with Crippen molar-refractivity contribution in [3.63, 3.8) is 0 Å². The zero-order chi connectivity index (χ0) is 17.5. The number of sulfone groups is 1. The fourth-order valence-electron chi connectivity index (χ4n) is 3.45. The first-order chi connectivity index (χ1) is 11.3. The molecule has 2 aromatic carbocycles. The second-order valence-electron chi connectivity index (χ2n) is 6.71. The Morgan fingerprint density at radius 1 is 1.00 bits per heavy atom. The Kier molecular flexibility index (Phi) is 4.28. The summed E-state index contributed by atoms with van der Waals surface area (Å²) in [7, 11) is -1.97. The summed E-state index contributed by atoms with van der Waals surface area (Å²) < 4.78 is 31.5. The molecule has 5 heteroatoms. The van der Waals surface area contributed by atoms with Crippen LogP contribution in [0.25, 0.3) is 0 Å². The lowest BCUT2D eigenvalue weighted by molar-refractivity contribution is 0.171. The van der Waals surface area contributed by atoms with Crippen molar-refractivity contribution in [2.75, 3.05) is 13.7 Å². The normalized spacial score (nSPS) is 26.3. The first-order valence-electron chi connectivity index (χ1n) is 7.95. The van der Waals surface area contributed by atoms with Crippen LogP contribution in [0.2, 0.25) is 0 Å². The smallest absolute Gasteiger partial charge is 0.183 e. The first-order valence-corrected chi connectivity index (χ1v) is 9.50. The fourth-order valence-corrected chi connectivity index (χ4v) is 5.74. The van der Waals surface area contributed by atoms with Crippen LogP contribution >= 0.6 is 0 Å². The van der Waals surface area contributed by atoms with E-state index in [9.17, 15) is 8.42 Å². The highest BCUT2D eigenvalue weighted by Gasteiger charge is 2.69. The van der Waals surface area contributed by atoms with Crippen molar-refractivity contribution in [2.45, 2.75) is 35.4 Å². The van der Waals surface area contributed by atoms with Gasteiger partial charge in [-0.3, -0.25) is 0 Å². The molecule has 4 nitrogen and oxygen atoms in total. The van der Waals surface area contributed by atoms with Crippen molar-refractivity contribution < 1.29 is 13.2 Å². The van der Waals surface area contributed by atoms with Crippen molar-refractivity contribution in [3.8, 4) is 0 Å². The van der Waals surface area contributed by atoms with Gasteiger partial charge in [-0.05, 0) is 31.5 Å². The Labute approximate surface area is 143 Å². The van der Waals surface area contributed by atoms with Gasteiger partial charge in [0.1, 0.15) is 0 Å². The highest BCUT2D eigenvalue weighted by molar-refractivity contribution is 7.92. The second kappa shape index (κ2) is 5.99. The zero-order valence-corrected chi connectivity index (χ0v) is 15.0. The van der Waals surface area contributed by atoms with Gasteiger partial charge in [0.05, 0.1) is 22.3 Å². The second-order valence-corrected chi connectivity index (χ2v) is 8.78. The van der Waals surface area contributed by atoms with E-state index in [-0.39, 0.29) is 12.5 Å². The number of hydrogen-bond acceptors (Lipinski definition) is 4. The van der Waals surface area contributed by atoms with Crippen LogP contribution in [0, 0.1) is 13.8 Å². The Balaban J connectivity index is 2.01. The fraction of sp³-hybridized carbons (Fsp3) is 0.368. The predicted molar refractivity (Wildman–Crippen MR) is 94.9 cm³/mol. The van der Waals surface area contributed by atoms with Crippen molar-refractivity contribution >= 4 is 9.84 Å². The van der Waals surface area contributed by atoms with Crippen LogP contribution in [0.5, 0.6) is 0 Å². The molecule has 0 aliphatic heterocycles. The van der Waals surface area contributed by atoms with E-state index in [4.69, 9.17) is 10.5 Å². The molecular weight excluding hydrogens is 322 g/mol. The quantitative estimate of drug-likeness (QED) is 0.904. The minimum Gasteiger partial charge on any atom is -0.383 e. The summed E-state index contributed by atoms with van der Waals surface area (Å²) in [6, 6.07) is 14.8. The van der Waals surface area contributed by atoms with Crippen LogP contribution in [0.1, 0.15) is 22.6 Å². The molecule has 1 fully saturated rings. The summed E-state index contributed by atoms with van der Waals surface area (Å²) in [5.74, 6) is -0.260. The van der Waals surface area contributed by atoms with E-state index in [2.05, 4.69) is 0 Å². The number of rotatable bonds is 5. The van der Waals surface area contributed by atoms with Gasteiger partial charge < -0.3 is 10.5 Å². The molecule has 0 amide bonds. The molecule has 1 aliphatic rings. The maximum absolute atomic E-state index is 13.1. The third-order valence-electron chi connectivity index (χ3n) is 4.82. The SMILES string of the molecule is COC[C@@]1(N)[C@@H](c2ccc(C)cc2)[C@@H]1S(=O)(=O)c1ccc(C)cc1. The maximum atomic E-state index is 13.1. The molecule has 3 atom stereocenters. The third kappa shape index (κ3) is 2.77. The Hall–Kier alpha value is -1.69. The highest BCUT2D eigenvalue weighted by atomic mass is 32.2. The number of nitrogens with two attached hydrogens (primary N) is 1. The number of aryl methyl sites for hydroxylation is 2. The largest absolute Gasteiger partial charge is 0.383 e. The Morgan fingerprint density at radius 3 is 2.00 bits per heavy atom. The van der Waals surface area contributed by atoms with Gasteiger partial charge in [0, 0.05) is 13.0 Å². The summed E-state index contributed by atoms with van der Waals surface area (Å²) in [4.78, 5) is 0.318. The summed E-state index contributed by atoms with van der Waals surface area (Å²) in [6.07, 6.45) is 0. The molecule has 0 spiro atoms. The molecule has 2 N–H and O–H groups in total. The third-order valence-corrected chi connectivity index (χ3v) is 7.13. The van der Waals surface area contributed by atoms with E-state index in [1.165, 1.54) is 0 Å². The highest BCUT2D eigenvalue weighted by Crippen LogP contribution is 2.55. The first kappa shape index (κ1) is 17.1. The van der Waals surface area contributed by atoms with E-state index in [1.54, 1.807) is 19.2 Å². The number of ether oxygens (including phenoxy) is 1. The van der Waals surface area contributed by atoms with Gasteiger partial charge in [-0.1, -0.05) is 47.5 Å². The van der Waals surface area contributed by atoms with E-state index < -0.39 is 20.6 Å². The van der Waals surface area contributed by atoms with Crippen LogP contribution in [-0.4, -0.2) is 32.9 Å². The van der Waals surface area contributed by atoms with Crippen LogP contribution in [0.15, 0.2) is 53.4 Å². The van der Waals surface area contributed by atoms with E-state index in [0.29, 0.717) is 4.90 Å². The summed E-state index contributed by atoms with van der Waals surface area (Å²) in [6.45, 7) is 4.14. The number of hydrogen-bond donors (Lipinski definition) is 1. The van der Waals surface area contributed by atoms with E-state index in [0.717, 1.165) is 16.7 Å².